The Labute approximate surface area is 208 Å². The topological polar surface area (TPSA) is 50.8 Å². The molecule has 0 unspecified atom stereocenters. The van der Waals surface area contributed by atoms with Crippen molar-refractivity contribution in [3.63, 3.8) is 0 Å². The quantitative estimate of drug-likeness (QED) is 0.525. The van der Waals surface area contributed by atoms with E-state index in [1.807, 2.05) is 35.2 Å². The molecular weight excluding hydrogens is 436 g/mol. The fraction of sp³-hybridized carbons (Fsp3) is 0.367. The van der Waals surface area contributed by atoms with Gasteiger partial charge in [0.2, 0.25) is 5.91 Å². The van der Waals surface area contributed by atoms with E-state index in [0.717, 1.165) is 29.8 Å². The predicted molar refractivity (Wildman–Crippen MR) is 138 cm³/mol. The van der Waals surface area contributed by atoms with E-state index in [0.29, 0.717) is 32.9 Å². The van der Waals surface area contributed by atoms with Gasteiger partial charge in [0.25, 0.3) is 0 Å². The number of hydrogen-bond acceptors (Lipinski definition) is 4. The number of ether oxygens (including phenoxy) is 2. The molecule has 2 aliphatic heterocycles. The molecule has 182 valence electrons. The third kappa shape index (κ3) is 5.12. The Morgan fingerprint density at radius 3 is 2.71 bits per heavy atom. The smallest absolute Gasteiger partial charge is 0.228 e. The first-order chi connectivity index (χ1) is 17.3. The van der Waals surface area contributed by atoms with Crippen molar-refractivity contribution in [2.45, 2.75) is 25.3 Å². The van der Waals surface area contributed by atoms with Gasteiger partial charge in [-0.25, -0.2) is 0 Å². The van der Waals surface area contributed by atoms with Crippen LogP contribution in [0.3, 0.4) is 0 Å². The van der Waals surface area contributed by atoms with Crippen LogP contribution in [0.4, 0.5) is 0 Å². The Balaban J connectivity index is 1.43. The average Bonchev–Trinajstić information content (AvgIpc) is 3.42. The van der Waals surface area contributed by atoms with E-state index in [-0.39, 0.29) is 23.8 Å². The largest absolute Gasteiger partial charge is 0.494 e. The Morgan fingerprint density at radius 2 is 1.86 bits per heavy atom. The Bertz CT molecular complexity index is 1130. The summed E-state index contributed by atoms with van der Waals surface area (Å²) in [5, 5.41) is 3.51. The summed E-state index contributed by atoms with van der Waals surface area (Å²) in [6.45, 7) is 6.05. The maximum Gasteiger partial charge on any atom is 0.228 e. The Hall–Kier alpha value is -3.15. The zero-order valence-electron chi connectivity index (χ0n) is 20.4. The lowest BCUT2D eigenvalue weighted by molar-refractivity contribution is -0.144. The van der Waals surface area contributed by atoms with Crippen LogP contribution in [0.5, 0.6) is 5.75 Å². The molecule has 2 heterocycles. The highest BCUT2D eigenvalue weighted by Gasteiger charge is 2.40. The van der Waals surface area contributed by atoms with E-state index in [2.05, 4.69) is 60.8 Å². The maximum absolute atomic E-state index is 14.0. The highest BCUT2D eigenvalue weighted by atomic mass is 16.5. The van der Waals surface area contributed by atoms with Crippen LogP contribution in [-0.4, -0.2) is 50.3 Å². The van der Waals surface area contributed by atoms with E-state index in [1.165, 1.54) is 11.1 Å². The number of amides is 1. The van der Waals surface area contributed by atoms with Crippen LogP contribution in [0.2, 0.25) is 0 Å². The first-order valence-electron chi connectivity index (χ1n) is 12.7. The van der Waals surface area contributed by atoms with Gasteiger partial charge < -0.3 is 19.7 Å². The minimum absolute atomic E-state index is 0.0404. The molecule has 0 saturated carbocycles. The van der Waals surface area contributed by atoms with Gasteiger partial charge in [0, 0.05) is 25.6 Å². The third-order valence-corrected chi connectivity index (χ3v) is 7.11. The fourth-order valence-electron chi connectivity index (χ4n) is 5.35. The summed E-state index contributed by atoms with van der Waals surface area (Å²) in [6, 6.07) is 27.0. The number of hydrogen-bond donors (Lipinski definition) is 1. The van der Waals surface area contributed by atoms with Gasteiger partial charge in [-0.3, -0.25) is 4.79 Å². The summed E-state index contributed by atoms with van der Waals surface area (Å²) < 4.78 is 11.7. The van der Waals surface area contributed by atoms with Crippen molar-refractivity contribution >= 4 is 5.91 Å². The van der Waals surface area contributed by atoms with E-state index in [9.17, 15) is 4.79 Å². The van der Waals surface area contributed by atoms with Gasteiger partial charge >= 0.3 is 0 Å². The van der Waals surface area contributed by atoms with Gasteiger partial charge in [-0.2, -0.15) is 0 Å². The molecule has 2 saturated heterocycles. The van der Waals surface area contributed by atoms with Crippen LogP contribution in [0.15, 0.2) is 78.9 Å². The van der Waals surface area contributed by atoms with E-state index >= 15 is 0 Å². The van der Waals surface area contributed by atoms with Crippen LogP contribution in [0.1, 0.15) is 36.4 Å². The molecule has 1 N–H and O–H groups in total. The highest BCUT2D eigenvalue weighted by Crippen LogP contribution is 2.38. The van der Waals surface area contributed by atoms with Crippen molar-refractivity contribution in [3.05, 3.63) is 90.0 Å². The average molecular weight is 471 g/mol. The van der Waals surface area contributed by atoms with Crippen molar-refractivity contribution < 1.29 is 14.3 Å². The molecule has 1 amide bonds. The highest BCUT2D eigenvalue weighted by molar-refractivity contribution is 5.82. The molecule has 0 aromatic heterocycles. The van der Waals surface area contributed by atoms with E-state index in [1.54, 1.807) is 0 Å². The van der Waals surface area contributed by atoms with Crippen LogP contribution >= 0.6 is 0 Å². The number of carbonyl (C=O) groups excluding carboxylic acids is 1. The molecule has 0 bridgehead atoms. The Morgan fingerprint density at radius 1 is 1.03 bits per heavy atom. The van der Waals surface area contributed by atoms with Crippen molar-refractivity contribution in [2.75, 3.05) is 39.5 Å². The lowest BCUT2D eigenvalue weighted by Crippen LogP contribution is -2.47. The summed E-state index contributed by atoms with van der Waals surface area (Å²) in [7, 11) is 0. The third-order valence-electron chi connectivity index (χ3n) is 7.11. The molecule has 35 heavy (non-hydrogen) atoms. The zero-order chi connectivity index (χ0) is 24.0. The molecule has 5 nitrogen and oxygen atoms in total. The monoisotopic (exact) mass is 470 g/mol. The zero-order valence-corrected chi connectivity index (χ0v) is 20.4. The summed E-state index contributed by atoms with van der Waals surface area (Å²) in [5.74, 6) is 1.10. The lowest BCUT2D eigenvalue weighted by Gasteiger charge is -2.38. The predicted octanol–water partition coefficient (Wildman–Crippen LogP) is 5.05. The number of carbonyl (C=O) groups is 1. The fourth-order valence-corrected chi connectivity index (χ4v) is 5.35. The van der Waals surface area contributed by atoms with Crippen LogP contribution in [-0.2, 0) is 9.53 Å². The molecule has 3 aromatic rings. The molecular formula is C30H34N2O3. The van der Waals surface area contributed by atoms with Crippen molar-refractivity contribution in [2.24, 2.45) is 5.92 Å². The molecule has 2 fully saturated rings. The number of morpholine rings is 1. The number of benzene rings is 3. The first-order valence-corrected chi connectivity index (χ1v) is 12.7. The second-order valence-corrected chi connectivity index (χ2v) is 9.37. The van der Waals surface area contributed by atoms with Gasteiger partial charge in [-0.1, -0.05) is 73.7 Å². The van der Waals surface area contributed by atoms with Gasteiger partial charge in [-0.15, -0.1) is 0 Å². The molecule has 0 spiro atoms. The molecule has 5 heteroatoms. The summed E-state index contributed by atoms with van der Waals surface area (Å²) in [4.78, 5) is 16.0. The number of nitrogens with zero attached hydrogens (tertiary/aromatic N) is 1. The molecule has 2 aliphatic rings. The first kappa shape index (κ1) is 23.6. The molecule has 3 aromatic carbocycles. The van der Waals surface area contributed by atoms with Crippen LogP contribution < -0.4 is 10.1 Å². The van der Waals surface area contributed by atoms with Gasteiger partial charge in [-0.05, 0) is 40.8 Å². The summed E-state index contributed by atoms with van der Waals surface area (Å²) >= 11 is 0. The van der Waals surface area contributed by atoms with E-state index in [4.69, 9.17) is 9.47 Å². The van der Waals surface area contributed by atoms with E-state index < -0.39 is 0 Å². The van der Waals surface area contributed by atoms with Crippen molar-refractivity contribution in [1.82, 2.24) is 10.2 Å². The second kappa shape index (κ2) is 11.1. The molecule has 3 atom stereocenters. The summed E-state index contributed by atoms with van der Waals surface area (Å²) in [6.07, 6.45) is 0.976. The Kier molecular flexibility index (Phi) is 7.45. The van der Waals surface area contributed by atoms with Crippen molar-refractivity contribution in [3.8, 4) is 16.9 Å². The standard InChI is InChI=1S/C30H34N2O3/c1-2-16-35-24-12-8-11-23(18-24)25-13-6-7-14-26(25)27-19-31-20-28(27)30(33)32-15-17-34-21-29(32)22-9-4-3-5-10-22/h3-14,18,27-29,31H,2,15-17,19-21H2,1H3/t27-,28+,29+/m0/s1. The van der Waals surface area contributed by atoms with Crippen LogP contribution in [0.25, 0.3) is 11.1 Å². The molecule has 0 radical (unpaired) electrons. The van der Waals surface area contributed by atoms with Crippen LogP contribution in [0, 0.1) is 5.92 Å². The minimum Gasteiger partial charge on any atom is -0.494 e. The maximum atomic E-state index is 14.0. The molecule has 0 aliphatic carbocycles. The second-order valence-electron chi connectivity index (χ2n) is 9.37. The normalized spacial score (nSPS) is 22.2. The number of rotatable bonds is 7. The molecule has 5 rings (SSSR count). The van der Waals surface area contributed by atoms with Gasteiger partial charge in [0.1, 0.15) is 5.75 Å². The van der Waals surface area contributed by atoms with Gasteiger partial charge in [0.05, 0.1) is 31.8 Å². The SMILES string of the molecule is CCCOc1cccc(-c2ccccc2[C@@H]2CNC[C@H]2C(=O)N2CCOC[C@@H]2c2ccccc2)c1. The lowest BCUT2D eigenvalue weighted by atomic mass is 9.83. The number of nitrogens with one attached hydrogen (secondary N) is 1. The van der Waals surface area contributed by atoms with Crippen molar-refractivity contribution in [1.29, 1.82) is 0 Å². The summed E-state index contributed by atoms with van der Waals surface area (Å²) in [5.41, 5.74) is 4.64. The van der Waals surface area contributed by atoms with Gasteiger partial charge in [0.15, 0.2) is 0 Å². The minimum atomic E-state index is -0.111.